The van der Waals surface area contributed by atoms with Crippen LogP contribution in [0.4, 0.5) is 0 Å². The maximum atomic E-state index is 4.68. The van der Waals surface area contributed by atoms with Crippen molar-refractivity contribution in [2.75, 3.05) is 0 Å². The number of aromatic nitrogens is 2. The van der Waals surface area contributed by atoms with Crippen LogP contribution in [0.2, 0.25) is 0 Å². The van der Waals surface area contributed by atoms with Crippen molar-refractivity contribution in [2.24, 2.45) is 0 Å². The molecular weight excluding hydrogens is 355 g/mol. The minimum absolute atomic E-state index is 0.716. The quantitative estimate of drug-likeness (QED) is 0.709. The minimum Gasteiger partial charge on any atom is -0.294 e. The number of halogens is 2. The number of fused-ring (bicyclic) bond motifs is 1. The number of pyridine rings is 1. The van der Waals surface area contributed by atoms with Gasteiger partial charge in [-0.1, -0.05) is 0 Å². The zero-order chi connectivity index (χ0) is 9.71. The number of nitrogens with zero attached hydrogens (tertiary/aromatic N) is 2. The van der Waals surface area contributed by atoms with E-state index in [1.54, 1.807) is 0 Å². The summed E-state index contributed by atoms with van der Waals surface area (Å²) in [6, 6.07) is 4.08. The second-order valence-corrected chi connectivity index (χ2v) is 5.49. The van der Waals surface area contributed by atoms with E-state index in [0.717, 1.165) is 10.1 Å². The Labute approximate surface area is 104 Å². The Bertz CT molecular complexity index is 502. The molecule has 0 N–H and O–H groups in total. The van der Waals surface area contributed by atoms with E-state index in [0.29, 0.717) is 5.92 Å². The van der Waals surface area contributed by atoms with Gasteiger partial charge in [-0.05, 0) is 63.5 Å². The molecule has 0 spiro atoms. The van der Waals surface area contributed by atoms with Crippen molar-refractivity contribution in [1.82, 2.24) is 9.38 Å². The van der Waals surface area contributed by atoms with Gasteiger partial charge in [-0.2, -0.15) is 0 Å². The van der Waals surface area contributed by atoms with Gasteiger partial charge in [0.25, 0.3) is 0 Å². The lowest BCUT2D eigenvalue weighted by Gasteiger charge is -1.95. The summed E-state index contributed by atoms with van der Waals surface area (Å²) < 4.78 is 4.49. The molecule has 1 fully saturated rings. The average Bonchev–Trinajstić information content (AvgIpc) is 2.94. The fourth-order valence-electron chi connectivity index (χ4n) is 1.64. The van der Waals surface area contributed by atoms with Crippen molar-refractivity contribution in [3.8, 4) is 0 Å². The van der Waals surface area contributed by atoms with Crippen LogP contribution in [-0.2, 0) is 0 Å². The first-order valence-corrected chi connectivity index (χ1v) is 6.46. The van der Waals surface area contributed by atoms with Gasteiger partial charge in [0.1, 0.15) is 3.70 Å². The highest BCUT2D eigenvalue weighted by Gasteiger charge is 2.29. The SMILES string of the molecule is Brc1cccn2c(I)c(C3CC3)nc12. The smallest absolute Gasteiger partial charge is 0.152 e. The highest BCUT2D eigenvalue weighted by Crippen LogP contribution is 2.42. The van der Waals surface area contributed by atoms with Crippen LogP contribution in [0, 0.1) is 3.70 Å². The molecule has 2 heterocycles. The van der Waals surface area contributed by atoms with Gasteiger partial charge < -0.3 is 0 Å². The molecule has 0 amide bonds. The summed E-state index contributed by atoms with van der Waals surface area (Å²) >= 11 is 5.91. The van der Waals surface area contributed by atoms with Gasteiger partial charge in [0.2, 0.25) is 0 Å². The van der Waals surface area contributed by atoms with Crippen LogP contribution in [0.1, 0.15) is 24.5 Å². The molecule has 0 atom stereocenters. The molecule has 0 aromatic carbocycles. The van der Waals surface area contributed by atoms with E-state index < -0.39 is 0 Å². The topological polar surface area (TPSA) is 17.3 Å². The largest absolute Gasteiger partial charge is 0.294 e. The van der Waals surface area contributed by atoms with E-state index in [2.05, 4.69) is 54.1 Å². The molecular formula is C10H8BrIN2. The average molecular weight is 363 g/mol. The van der Waals surface area contributed by atoms with Gasteiger partial charge in [-0.15, -0.1) is 0 Å². The molecule has 72 valence electrons. The molecule has 1 aliphatic rings. The second-order valence-electron chi connectivity index (χ2n) is 3.61. The summed E-state index contributed by atoms with van der Waals surface area (Å²) in [5.74, 6) is 0.716. The fourth-order valence-corrected chi connectivity index (χ4v) is 3.02. The Kier molecular flexibility index (Phi) is 2.09. The Morgan fingerprint density at radius 3 is 2.93 bits per heavy atom. The van der Waals surface area contributed by atoms with Gasteiger partial charge in [0.05, 0.1) is 10.2 Å². The third-order valence-corrected chi connectivity index (χ3v) is 4.22. The lowest BCUT2D eigenvalue weighted by atomic mass is 10.3. The maximum Gasteiger partial charge on any atom is 0.152 e. The molecule has 0 unspecified atom stereocenters. The lowest BCUT2D eigenvalue weighted by Crippen LogP contribution is -1.87. The van der Waals surface area contributed by atoms with Crippen molar-refractivity contribution < 1.29 is 0 Å². The summed E-state index contributed by atoms with van der Waals surface area (Å²) in [6.07, 6.45) is 4.68. The van der Waals surface area contributed by atoms with E-state index >= 15 is 0 Å². The number of hydrogen-bond acceptors (Lipinski definition) is 1. The van der Waals surface area contributed by atoms with E-state index in [-0.39, 0.29) is 0 Å². The Hall–Kier alpha value is -0.100. The molecule has 0 saturated heterocycles. The van der Waals surface area contributed by atoms with Crippen LogP contribution >= 0.6 is 38.5 Å². The molecule has 1 aliphatic carbocycles. The molecule has 2 aromatic heterocycles. The van der Waals surface area contributed by atoms with Crippen LogP contribution in [-0.4, -0.2) is 9.38 Å². The number of rotatable bonds is 1. The van der Waals surface area contributed by atoms with Crippen molar-refractivity contribution in [3.05, 3.63) is 32.2 Å². The van der Waals surface area contributed by atoms with Gasteiger partial charge in [0.15, 0.2) is 5.65 Å². The van der Waals surface area contributed by atoms with Gasteiger partial charge >= 0.3 is 0 Å². The predicted octanol–water partition coefficient (Wildman–Crippen LogP) is 3.58. The Balaban J connectivity index is 2.33. The maximum absolute atomic E-state index is 4.68. The van der Waals surface area contributed by atoms with Crippen molar-refractivity contribution in [1.29, 1.82) is 0 Å². The fraction of sp³-hybridized carbons (Fsp3) is 0.300. The van der Waals surface area contributed by atoms with E-state index in [4.69, 9.17) is 0 Å². The van der Waals surface area contributed by atoms with Gasteiger partial charge in [-0.25, -0.2) is 4.98 Å². The summed E-state index contributed by atoms with van der Waals surface area (Å²) in [6.45, 7) is 0. The van der Waals surface area contributed by atoms with Crippen LogP contribution in [0.25, 0.3) is 5.65 Å². The summed E-state index contributed by atoms with van der Waals surface area (Å²) in [7, 11) is 0. The van der Waals surface area contributed by atoms with E-state index in [1.807, 2.05) is 12.1 Å². The van der Waals surface area contributed by atoms with Crippen LogP contribution < -0.4 is 0 Å². The molecule has 1 saturated carbocycles. The highest BCUT2D eigenvalue weighted by atomic mass is 127. The van der Waals surface area contributed by atoms with E-state index in [1.165, 1.54) is 22.2 Å². The lowest BCUT2D eigenvalue weighted by molar-refractivity contribution is 1.03. The predicted molar refractivity (Wildman–Crippen MR) is 67.6 cm³/mol. The number of hydrogen-bond donors (Lipinski definition) is 0. The molecule has 0 radical (unpaired) electrons. The molecule has 0 bridgehead atoms. The first-order chi connectivity index (χ1) is 6.77. The molecule has 0 aliphatic heterocycles. The van der Waals surface area contributed by atoms with Crippen LogP contribution in [0.15, 0.2) is 22.8 Å². The Morgan fingerprint density at radius 2 is 2.29 bits per heavy atom. The monoisotopic (exact) mass is 362 g/mol. The zero-order valence-corrected chi connectivity index (χ0v) is 11.1. The van der Waals surface area contributed by atoms with Gasteiger partial charge in [0, 0.05) is 12.1 Å². The van der Waals surface area contributed by atoms with Crippen molar-refractivity contribution in [3.63, 3.8) is 0 Å². The number of imidazole rings is 1. The highest BCUT2D eigenvalue weighted by molar-refractivity contribution is 14.1. The first kappa shape index (κ1) is 9.15. The molecule has 2 nitrogen and oxygen atoms in total. The molecule has 2 aromatic rings. The van der Waals surface area contributed by atoms with Gasteiger partial charge in [-0.3, -0.25) is 4.40 Å². The molecule has 4 heteroatoms. The van der Waals surface area contributed by atoms with Crippen molar-refractivity contribution >= 4 is 44.2 Å². The Morgan fingerprint density at radius 1 is 1.50 bits per heavy atom. The standard InChI is InChI=1S/C10H8BrIN2/c11-7-2-1-5-14-9(12)8(6-3-4-6)13-10(7)14/h1-2,5-6H,3-4H2. The normalized spacial score (nSPS) is 16.4. The molecule has 14 heavy (non-hydrogen) atoms. The third-order valence-electron chi connectivity index (χ3n) is 2.53. The summed E-state index contributed by atoms with van der Waals surface area (Å²) in [4.78, 5) is 4.68. The molecule has 3 rings (SSSR count). The van der Waals surface area contributed by atoms with E-state index in [9.17, 15) is 0 Å². The zero-order valence-electron chi connectivity index (χ0n) is 7.37. The summed E-state index contributed by atoms with van der Waals surface area (Å²) in [5, 5.41) is 0. The summed E-state index contributed by atoms with van der Waals surface area (Å²) in [5.41, 5.74) is 2.32. The minimum atomic E-state index is 0.716. The third kappa shape index (κ3) is 1.31. The second kappa shape index (κ2) is 3.20. The first-order valence-electron chi connectivity index (χ1n) is 4.59. The van der Waals surface area contributed by atoms with Crippen molar-refractivity contribution in [2.45, 2.75) is 18.8 Å². The van der Waals surface area contributed by atoms with Crippen LogP contribution in [0.5, 0.6) is 0 Å². The van der Waals surface area contributed by atoms with Crippen LogP contribution in [0.3, 0.4) is 0 Å².